The highest BCUT2D eigenvalue weighted by Crippen LogP contribution is 2.38. The largest absolute Gasteiger partial charge is 0.391 e. The van der Waals surface area contributed by atoms with Crippen LogP contribution in [0.5, 0.6) is 0 Å². The second-order valence-corrected chi connectivity index (χ2v) is 9.59. The molecule has 0 spiro atoms. The number of benzene rings is 2. The lowest BCUT2D eigenvalue weighted by Gasteiger charge is -1.99. The third-order valence-corrected chi connectivity index (χ3v) is 7.45. The van der Waals surface area contributed by atoms with E-state index in [2.05, 4.69) is 30.5 Å². The van der Waals surface area contributed by atoms with Crippen molar-refractivity contribution >= 4 is 75.1 Å². The van der Waals surface area contributed by atoms with Gasteiger partial charge in [-0.25, -0.2) is 0 Å². The van der Waals surface area contributed by atoms with Crippen LogP contribution in [0.1, 0.15) is 4.88 Å². The summed E-state index contributed by atoms with van der Waals surface area (Å²) < 4.78 is 2.32. The SMILES string of the molecule is Cc1cc2c(=N)c3cc4c(cc3c2s1)/c(=N/Nc1ccccc1)c1cc(N)sc14. The van der Waals surface area contributed by atoms with Gasteiger partial charge in [0.25, 0.3) is 0 Å². The monoisotopic (exact) mass is 412 g/mol. The zero-order valence-corrected chi connectivity index (χ0v) is 17.2. The Kier molecular flexibility index (Phi) is 3.39. The number of hydrogen-bond donors (Lipinski definition) is 3. The highest BCUT2D eigenvalue weighted by Gasteiger charge is 2.17. The summed E-state index contributed by atoms with van der Waals surface area (Å²) in [6, 6.07) is 18.4. The molecule has 2 heterocycles. The molecule has 0 atom stereocenters. The fourth-order valence-electron chi connectivity index (χ4n) is 4.11. The van der Waals surface area contributed by atoms with E-state index < -0.39 is 0 Å². The van der Waals surface area contributed by atoms with Crippen LogP contribution in [-0.2, 0) is 0 Å². The number of nitrogens with two attached hydrogens (primary N) is 1. The van der Waals surface area contributed by atoms with Crippen molar-refractivity contribution in [1.29, 1.82) is 5.41 Å². The van der Waals surface area contributed by atoms with Gasteiger partial charge in [0, 0.05) is 46.6 Å². The first-order valence-electron chi connectivity index (χ1n) is 9.27. The fraction of sp³-hybridized carbons (Fsp3) is 0.0435. The van der Waals surface area contributed by atoms with Gasteiger partial charge in [-0.3, -0.25) is 10.8 Å². The number of nitrogen functional groups attached to an aromatic ring is 1. The Bertz CT molecular complexity index is 1660. The molecular formula is C23H16N4S2. The van der Waals surface area contributed by atoms with Gasteiger partial charge < -0.3 is 5.73 Å². The number of nitrogens with zero attached hydrogens (tertiary/aromatic N) is 1. The van der Waals surface area contributed by atoms with Gasteiger partial charge in [0.1, 0.15) is 0 Å². The maximum atomic E-state index is 8.66. The van der Waals surface area contributed by atoms with Crippen LogP contribution in [0.25, 0.3) is 41.7 Å². The molecule has 4 aromatic carbocycles. The topological polar surface area (TPSA) is 74.3 Å². The Morgan fingerprint density at radius 2 is 1.55 bits per heavy atom. The summed E-state index contributed by atoms with van der Waals surface area (Å²) in [6.07, 6.45) is 0. The minimum absolute atomic E-state index is 0.612. The van der Waals surface area contributed by atoms with Crippen molar-refractivity contribution in [2.24, 2.45) is 5.10 Å². The van der Waals surface area contributed by atoms with Crippen molar-refractivity contribution < 1.29 is 0 Å². The van der Waals surface area contributed by atoms with Crippen molar-refractivity contribution in [3.05, 3.63) is 70.2 Å². The Morgan fingerprint density at radius 1 is 0.828 bits per heavy atom. The van der Waals surface area contributed by atoms with E-state index in [-0.39, 0.29) is 0 Å². The van der Waals surface area contributed by atoms with Crippen LogP contribution >= 0.6 is 22.7 Å². The molecule has 0 fully saturated rings. The number of nitrogens with one attached hydrogen (secondary N) is 2. The number of anilines is 2. The normalized spacial score (nSPS) is 12.8. The second-order valence-electron chi connectivity index (χ2n) is 7.25. The maximum Gasteiger partial charge on any atom is 0.1000 e. The molecular weight excluding hydrogens is 396 g/mol. The number of fused-ring (bicyclic) bond motifs is 6. The first kappa shape index (κ1) is 16.7. The van der Waals surface area contributed by atoms with E-state index >= 15 is 0 Å². The van der Waals surface area contributed by atoms with E-state index in [4.69, 9.17) is 16.2 Å². The zero-order chi connectivity index (χ0) is 19.7. The summed E-state index contributed by atoms with van der Waals surface area (Å²) >= 11 is 3.34. The molecule has 29 heavy (non-hydrogen) atoms. The average molecular weight is 413 g/mol. The van der Waals surface area contributed by atoms with Gasteiger partial charge in [-0.1, -0.05) is 18.2 Å². The summed E-state index contributed by atoms with van der Waals surface area (Å²) in [5.74, 6) is 0. The number of aryl methyl sites for hydroxylation is 1. The predicted octanol–water partition coefficient (Wildman–Crippen LogP) is 5.60. The van der Waals surface area contributed by atoms with Crippen LogP contribution in [0.2, 0.25) is 0 Å². The van der Waals surface area contributed by atoms with Gasteiger partial charge >= 0.3 is 0 Å². The van der Waals surface area contributed by atoms with Crippen molar-refractivity contribution in [1.82, 2.24) is 0 Å². The molecule has 4 N–H and O–H groups in total. The zero-order valence-electron chi connectivity index (χ0n) is 15.5. The predicted molar refractivity (Wildman–Crippen MR) is 125 cm³/mol. The number of rotatable bonds is 2. The second kappa shape index (κ2) is 5.89. The molecule has 0 bridgehead atoms. The molecule has 4 nitrogen and oxygen atoms in total. The minimum atomic E-state index is 0.612. The van der Waals surface area contributed by atoms with Gasteiger partial charge in [0.05, 0.1) is 21.4 Å². The molecule has 0 aliphatic rings. The molecule has 0 radical (unpaired) electrons. The minimum Gasteiger partial charge on any atom is -0.391 e. The Labute approximate surface area is 173 Å². The standard InChI is InChI=1S/C23H16N4S2/c1-11-7-17-20(25)13-8-16-14(9-15(13)22(17)28-11)21(18-10-19(24)29-23(16)18)27-26-12-5-3-2-4-6-12/h2-10,25-26H,24H2,1H3/b25-20?,27-21-. The van der Waals surface area contributed by atoms with Gasteiger partial charge in [0.2, 0.25) is 0 Å². The molecule has 0 saturated carbocycles. The number of para-hydroxylation sites is 1. The molecule has 6 rings (SSSR count). The third kappa shape index (κ3) is 2.36. The summed E-state index contributed by atoms with van der Waals surface area (Å²) in [5.41, 5.74) is 10.3. The van der Waals surface area contributed by atoms with Crippen LogP contribution in [0.15, 0.2) is 59.7 Å². The van der Waals surface area contributed by atoms with Crippen LogP contribution in [0.4, 0.5) is 10.7 Å². The van der Waals surface area contributed by atoms with Crippen molar-refractivity contribution in [2.75, 3.05) is 11.2 Å². The fourth-order valence-corrected chi connectivity index (χ4v) is 6.11. The molecule has 0 aliphatic carbocycles. The van der Waals surface area contributed by atoms with E-state index in [9.17, 15) is 0 Å². The molecule has 0 saturated heterocycles. The van der Waals surface area contributed by atoms with Gasteiger partial charge in [-0.2, -0.15) is 5.10 Å². The van der Waals surface area contributed by atoms with Crippen molar-refractivity contribution in [3.8, 4) is 0 Å². The van der Waals surface area contributed by atoms with E-state index in [0.29, 0.717) is 5.36 Å². The Balaban J connectivity index is 1.73. The third-order valence-electron chi connectivity index (χ3n) is 5.37. The molecule has 2 aromatic heterocycles. The Hall–Kier alpha value is -3.22. The average Bonchev–Trinajstić information content (AvgIpc) is 3.42. The molecule has 0 amide bonds. The summed E-state index contributed by atoms with van der Waals surface area (Å²) in [5, 5.41) is 22.2. The van der Waals surface area contributed by atoms with Crippen molar-refractivity contribution in [3.63, 3.8) is 0 Å². The van der Waals surface area contributed by atoms with Gasteiger partial charge in [0.15, 0.2) is 0 Å². The molecule has 6 heteroatoms. The van der Waals surface area contributed by atoms with Crippen LogP contribution in [-0.4, -0.2) is 0 Å². The van der Waals surface area contributed by atoms with Crippen LogP contribution < -0.4 is 21.9 Å². The quantitative estimate of drug-likeness (QED) is 0.324. The lowest BCUT2D eigenvalue weighted by Crippen LogP contribution is -2.03. The summed E-state index contributed by atoms with van der Waals surface area (Å²) in [6.45, 7) is 2.10. The van der Waals surface area contributed by atoms with Gasteiger partial charge in [-0.15, -0.1) is 22.7 Å². The number of hydrogen-bond acceptors (Lipinski definition) is 6. The first-order chi connectivity index (χ1) is 14.1. The smallest absolute Gasteiger partial charge is 0.1000 e. The summed E-state index contributed by atoms with van der Waals surface area (Å²) in [7, 11) is 0. The van der Waals surface area contributed by atoms with E-state index in [1.54, 1.807) is 22.7 Å². The lowest BCUT2D eigenvalue weighted by molar-refractivity contribution is 1.26. The van der Waals surface area contributed by atoms with E-state index in [1.807, 2.05) is 36.4 Å². The van der Waals surface area contributed by atoms with Gasteiger partial charge in [-0.05, 0) is 43.3 Å². The van der Waals surface area contributed by atoms with Crippen LogP contribution in [0.3, 0.4) is 0 Å². The lowest BCUT2D eigenvalue weighted by atomic mass is 10.1. The summed E-state index contributed by atoms with van der Waals surface area (Å²) in [4.78, 5) is 1.23. The molecule has 0 unspecified atom stereocenters. The van der Waals surface area contributed by atoms with Crippen molar-refractivity contribution in [2.45, 2.75) is 6.92 Å². The Morgan fingerprint density at radius 3 is 2.38 bits per heavy atom. The molecule has 6 aromatic rings. The molecule has 140 valence electrons. The maximum absolute atomic E-state index is 8.66. The molecule has 0 aliphatic heterocycles. The highest BCUT2D eigenvalue weighted by atomic mass is 32.1. The van der Waals surface area contributed by atoms with E-state index in [0.717, 1.165) is 53.1 Å². The van der Waals surface area contributed by atoms with Crippen LogP contribution in [0, 0.1) is 12.3 Å². The first-order valence-corrected chi connectivity index (χ1v) is 10.9. The highest BCUT2D eigenvalue weighted by molar-refractivity contribution is 7.23. The number of thiophene rings is 2. The van der Waals surface area contributed by atoms with E-state index in [1.165, 1.54) is 9.58 Å².